The maximum Gasteiger partial charge on any atom is 0.251 e. The third kappa shape index (κ3) is 4.19. The number of benzene rings is 1. The van der Waals surface area contributed by atoms with Crippen LogP contribution >= 0.6 is 0 Å². The van der Waals surface area contributed by atoms with Gasteiger partial charge in [0.1, 0.15) is 6.04 Å². The van der Waals surface area contributed by atoms with Gasteiger partial charge in [0.25, 0.3) is 5.91 Å². The van der Waals surface area contributed by atoms with Gasteiger partial charge in [0, 0.05) is 25.2 Å². The molecule has 2 rings (SSSR count). The summed E-state index contributed by atoms with van der Waals surface area (Å²) in [4.78, 5) is 24.4. The van der Waals surface area contributed by atoms with E-state index in [9.17, 15) is 18.0 Å². The molecule has 2 amide bonds. The minimum Gasteiger partial charge on any atom is -0.354 e. The molecule has 1 aromatic rings. The lowest BCUT2D eigenvalue weighted by Crippen LogP contribution is -2.50. The summed E-state index contributed by atoms with van der Waals surface area (Å²) in [5.41, 5.74) is 0.813. The van der Waals surface area contributed by atoms with Crippen LogP contribution in [0.3, 0.4) is 0 Å². The fourth-order valence-corrected chi connectivity index (χ4v) is 4.58. The molecule has 0 saturated carbocycles. The van der Waals surface area contributed by atoms with E-state index < -0.39 is 22.0 Å². The van der Waals surface area contributed by atoms with Crippen LogP contribution in [0.1, 0.15) is 42.6 Å². The molecular formula is C17H25N3O4S. The molecule has 1 atom stereocenters. The van der Waals surface area contributed by atoms with Gasteiger partial charge in [-0.1, -0.05) is 19.9 Å². The summed E-state index contributed by atoms with van der Waals surface area (Å²) in [6, 6.07) is 4.00. The highest BCUT2D eigenvalue weighted by atomic mass is 32.2. The number of hydrogen-bond acceptors (Lipinski definition) is 4. The van der Waals surface area contributed by atoms with Crippen LogP contribution in [-0.2, 0) is 14.8 Å². The van der Waals surface area contributed by atoms with Crippen LogP contribution in [0.4, 0.5) is 0 Å². The fourth-order valence-electron chi connectivity index (χ4n) is 2.87. The van der Waals surface area contributed by atoms with Crippen molar-refractivity contribution < 1.29 is 18.0 Å². The van der Waals surface area contributed by atoms with Crippen molar-refractivity contribution >= 4 is 21.8 Å². The molecular weight excluding hydrogens is 342 g/mol. The van der Waals surface area contributed by atoms with E-state index in [4.69, 9.17) is 0 Å². The van der Waals surface area contributed by atoms with Gasteiger partial charge in [-0.25, -0.2) is 8.42 Å². The number of aryl methyl sites for hydroxylation is 1. The molecule has 0 bridgehead atoms. The van der Waals surface area contributed by atoms with Crippen LogP contribution in [-0.4, -0.2) is 50.2 Å². The van der Waals surface area contributed by atoms with E-state index in [0.717, 1.165) is 6.42 Å². The molecule has 1 heterocycles. The molecule has 0 spiro atoms. The van der Waals surface area contributed by atoms with Crippen molar-refractivity contribution in [3.05, 3.63) is 29.3 Å². The molecule has 1 aliphatic heterocycles. The van der Waals surface area contributed by atoms with Gasteiger partial charge in [-0.15, -0.1) is 0 Å². The number of sulfonamides is 1. The second-order valence-electron chi connectivity index (χ2n) is 6.03. The van der Waals surface area contributed by atoms with Crippen molar-refractivity contribution in [1.29, 1.82) is 0 Å². The van der Waals surface area contributed by atoms with Gasteiger partial charge in [0.05, 0.1) is 4.90 Å². The first-order valence-electron chi connectivity index (χ1n) is 8.50. The predicted molar refractivity (Wildman–Crippen MR) is 94.8 cm³/mol. The summed E-state index contributed by atoms with van der Waals surface area (Å²) in [5, 5.41) is 5.39. The highest BCUT2D eigenvalue weighted by molar-refractivity contribution is 7.89. The monoisotopic (exact) mass is 367 g/mol. The quantitative estimate of drug-likeness (QED) is 0.785. The Labute approximate surface area is 148 Å². The fraction of sp³-hybridized carbons (Fsp3) is 0.529. The van der Waals surface area contributed by atoms with Crippen LogP contribution in [0.2, 0.25) is 0 Å². The van der Waals surface area contributed by atoms with E-state index in [-0.39, 0.29) is 16.4 Å². The van der Waals surface area contributed by atoms with E-state index in [1.54, 1.807) is 32.9 Å². The highest BCUT2D eigenvalue weighted by Gasteiger charge is 2.27. The van der Waals surface area contributed by atoms with Gasteiger partial charge in [0.15, 0.2) is 0 Å². The summed E-state index contributed by atoms with van der Waals surface area (Å²) >= 11 is 0. The van der Waals surface area contributed by atoms with E-state index >= 15 is 0 Å². The zero-order valence-electron chi connectivity index (χ0n) is 14.8. The highest BCUT2D eigenvalue weighted by Crippen LogP contribution is 2.21. The number of hydrogen-bond donors (Lipinski definition) is 2. The van der Waals surface area contributed by atoms with Crippen molar-refractivity contribution in [2.24, 2.45) is 0 Å². The zero-order chi connectivity index (χ0) is 18.6. The van der Waals surface area contributed by atoms with Crippen molar-refractivity contribution in [3.63, 3.8) is 0 Å². The molecule has 0 radical (unpaired) electrons. The molecule has 25 heavy (non-hydrogen) atoms. The molecule has 1 aliphatic rings. The van der Waals surface area contributed by atoms with Crippen LogP contribution in [0.25, 0.3) is 0 Å². The lowest BCUT2D eigenvalue weighted by molar-refractivity contribution is -0.124. The number of carbonyl (C=O) groups excluding carboxylic acids is 2. The smallest absolute Gasteiger partial charge is 0.251 e. The number of nitrogens with zero attached hydrogens (tertiary/aromatic N) is 1. The number of piperidine rings is 1. The van der Waals surface area contributed by atoms with E-state index in [1.165, 1.54) is 10.4 Å². The van der Waals surface area contributed by atoms with E-state index in [2.05, 4.69) is 10.6 Å². The second kappa shape index (κ2) is 7.97. The Bertz CT molecular complexity index is 757. The molecule has 0 aromatic heterocycles. The van der Waals surface area contributed by atoms with Gasteiger partial charge in [-0.3, -0.25) is 9.59 Å². The Balaban J connectivity index is 2.29. The Kier molecular flexibility index (Phi) is 6.18. The van der Waals surface area contributed by atoms with Crippen molar-refractivity contribution in [2.75, 3.05) is 19.6 Å². The third-order valence-electron chi connectivity index (χ3n) is 4.36. The maximum absolute atomic E-state index is 12.8. The lowest BCUT2D eigenvalue weighted by Gasteiger charge is -2.23. The Morgan fingerprint density at radius 2 is 2.00 bits per heavy atom. The van der Waals surface area contributed by atoms with Gasteiger partial charge in [0.2, 0.25) is 15.9 Å². The first kappa shape index (κ1) is 19.4. The van der Waals surface area contributed by atoms with Crippen molar-refractivity contribution in [1.82, 2.24) is 14.9 Å². The average Bonchev–Trinajstić information content (AvgIpc) is 2.58. The summed E-state index contributed by atoms with van der Waals surface area (Å²) < 4.78 is 26.9. The topological polar surface area (TPSA) is 95.6 Å². The van der Waals surface area contributed by atoms with Gasteiger partial charge >= 0.3 is 0 Å². The van der Waals surface area contributed by atoms with Crippen LogP contribution in [0.15, 0.2) is 23.1 Å². The number of carbonyl (C=O) groups is 2. The Hall–Kier alpha value is -1.93. The standard InChI is InChI=1S/C17H25N3O4S/c1-4-20(5-2)25(23,24)15-11-13(9-8-12(15)3)16(21)19-14-7-6-10-18-17(14)22/h8-9,11,14H,4-7,10H2,1-3H3,(H,18,22)(H,19,21). The minimum atomic E-state index is -3.66. The van der Waals surface area contributed by atoms with E-state index in [0.29, 0.717) is 31.6 Å². The summed E-state index contributed by atoms with van der Waals surface area (Å²) in [7, 11) is -3.66. The Morgan fingerprint density at radius 1 is 1.32 bits per heavy atom. The molecule has 138 valence electrons. The molecule has 1 aromatic carbocycles. The zero-order valence-corrected chi connectivity index (χ0v) is 15.6. The second-order valence-corrected chi connectivity index (χ2v) is 7.94. The van der Waals surface area contributed by atoms with Crippen LogP contribution in [0, 0.1) is 6.92 Å². The molecule has 7 nitrogen and oxygen atoms in total. The maximum atomic E-state index is 12.8. The lowest BCUT2D eigenvalue weighted by atomic mass is 10.1. The van der Waals surface area contributed by atoms with Gasteiger partial charge < -0.3 is 10.6 Å². The van der Waals surface area contributed by atoms with Crippen molar-refractivity contribution in [3.8, 4) is 0 Å². The summed E-state index contributed by atoms with van der Waals surface area (Å²) in [6.07, 6.45) is 1.38. The molecule has 1 fully saturated rings. The summed E-state index contributed by atoms with van der Waals surface area (Å²) in [6.45, 7) is 6.58. The average molecular weight is 367 g/mol. The number of rotatable bonds is 6. The van der Waals surface area contributed by atoms with E-state index in [1.807, 2.05) is 0 Å². The number of nitrogens with one attached hydrogen (secondary N) is 2. The van der Waals surface area contributed by atoms with Gasteiger partial charge in [-0.05, 0) is 37.5 Å². The minimum absolute atomic E-state index is 0.122. The Morgan fingerprint density at radius 3 is 2.60 bits per heavy atom. The van der Waals surface area contributed by atoms with Crippen molar-refractivity contribution in [2.45, 2.75) is 44.6 Å². The number of amides is 2. The normalized spacial score (nSPS) is 18.1. The molecule has 1 unspecified atom stereocenters. The van der Waals surface area contributed by atoms with Gasteiger partial charge in [-0.2, -0.15) is 4.31 Å². The first-order valence-corrected chi connectivity index (χ1v) is 9.94. The summed E-state index contributed by atoms with van der Waals surface area (Å²) in [5.74, 6) is -0.652. The third-order valence-corrected chi connectivity index (χ3v) is 6.56. The molecule has 8 heteroatoms. The molecule has 1 saturated heterocycles. The first-order chi connectivity index (χ1) is 11.8. The molecule has 2 N–H and O–H groups in total. The SMILES string of the molecule is CCN(CC)S(=O)(=O)c1cc(C(=O)NC2CCCNC2=O)ccc1C. The molecule has 0 aliphatic carbocycles. The largest absolute Gasteiger partial charge is 0.354 e. The van der Waals surface area contributed by atoms with Crippen LogP contribution < -0.4 is 10.6 Å². The predicted octanol–water partition coefficient (Wildman–Crippen LogP) is 1.03. The van der Waals surface area contributed by atoms with Crippen LogP contribution in [0.5, 0.6) is 0 Å².